The van der Waals surface area contributed by atoms with Gasteiger partial charge in [-0.15, -0.1) is 5.26 Å². The van der Waals surface area contributed by atoms with E-state index in [9.17, 15) is 4.79 Å². The van der Waals surface area contributed by atoms with Crippen LogP contribution in [0, 0.1) is 11.5 Å². The fourth-order valence-electron chi connectivity index (χ4n) is 0.548. The fraction of sp³-hybridized carbons (Fsp3) is 0. The summed E-state index contributed by atoms with van der Waals surface area (Å²) in [4.78, 5) is 10.6. The molecule has 1 aromatic heterocycles. The molecular weight excluding hydrogens is 132 g/mol. The minimum Gasteiger partial charge on any atom is -0.333 e. The molecule has 0 saturated carbocycles. The van der Waals surface area contributed by atoms with Crippen molar-refractivity contribution in [3.63, 3.8) is 0 Å². The Morgan fingerprint density at radius 3 is 2.60 bits per heavy atom. The normalized spacial score (nSPS) is 8.30. The van der Waals surface area contributed by atoms with Crippen LogP contribution in [0.4, 0.5) is 4.79 Å². The van der Waals surface area contributed by atoms with Gasteiger partial charge in [0.15, 0.2) is 0 Å². The van der Waals surface area contributed by atoms with Gasteiger partial charge in [-0.05, 0) is 12.1 Å². The van der Waals surface area contributed by atoms with Gasteiger partial charge in [0.2, 0.25) is 0 Å². The van der Waals surface area contributed by atoms with E-state index in [0.29, 0.717) is 0 Å². The number of carbonyl (C=O) groups excluding carboxylic acids is 1. The van der Waals surface area contributed by atoms with Gasteiger partial charge in [-0.2, -0.15) is 0 Å². The average molecular weight is 136 g/mol. The number of aromatic nitrogens is 1. The van der Waals surface area contributed by atoms with Gasteiger partial charge >= 0.3 is 6.09 Å². The van der Waals surface area contributed by atoms with Crippen molar-refractivity contribution in [3.8, 4) is 6.26 Å². The van der Waals surface area contributed by atoms with E-state index in [2.05, 4.69) is 4.74 Å². The van der Waals surface area contributed by atoms with E-state index < -0.39 is 6.09 Å². The highest BCUT2D eigenvalue weighted by Gasteiger charge is 2.00. The quantitative estimate of drug-likeness (QED) is 0.499. The topological polar surface area (TPSA) is 55.0 Å². The molecule has 0 bridgehead atoms. The number of nitrogens with zero attached hydrogens (tertiary/aromatic N) is 2. The summed E-state index contributed by atoms with van der Waals surface area (Å²) in [5.41, 5.74) is 0. The summed E-state index contributed by atoms with van der Waals surface area (Å²) in [5.74, 6) is 0. The van der Waals surface area contributed by atoms with Gasteiger partial charge in [-0.1, -0.05) is 0 Å². The molecule has 0 aliphatic carbocycles. The molecule has 50 valence electrons. The molecule has 1 rings (SSSR count). The predicted octanol–water partition coefficient (Wildman–Crippen LogP) is 0.954. The van der Waals surface area contributed by atoms with Crippen LogP contribution < -0.4 is 0 Å². The maximum Gasteiger partial charge on any atom is 0.433 e. The van der Waals surface area contributed by atoms with Crippen LogP contribution >= 0.6 is 0 Å². The van der Waals surface area contributed by atoms with Crippen molar-refractivity contribution < 1.29 is 9.53 Å². The number of hydrogen-bond donors (Lipinski definition) is 0. The number of rotatable bonds is 0. The first-order valence-electron chi connectivity index (χ1n) is 2.58. The Morgan fingerprint density at radius 2 is 2.10 bits per heavy atom. The summed E-state index contributed by atoms with van der Waals surface area (Å²) >= 11 is 0. The highest BCUT2D eigenvalue weighted by Crippen LogP contribution is 1.90. The molecule has 0 radical (unpaired) electrons. The molecule has 0 aliphatic rings. The van der Waals surface area contributed by atoms with E-state index in [4.69, 9.17) is 5.26 Å². The summed E-state index contributed by atoms with van der Waals surface area (Å²) in [6, 6.07) is 3.33. The van der Waals surface area contributed by atoms with Gasteiger partial charge in [0, 0.05) is 12.4 Å². The third-order valence-corrected chi connectivity index (χ3v) is 0.948. The average Bonchev–Trinajstić information content (AvgIpc) is 2.38. The molecule has 0 spiro atoms. The Kier molecular flexibility index (Phi) is 1.71. The zero-order chi connectivity index (χ0) is 7.40. The second-order valence-corrected chi connectivity index (χ2v) is 1.55. The first kappa shape index (κ1) is 6.36. The Balaban J connectivity index is 2.71. The molecule has 0 atom stereocenters. The van der Waals surface area contributed by atoms with Crippen molar-refractivity contribution in [2.45, 2.75) is 0 Å². The zero-order valence-electron chi connectivity index (χ0n) is 5.02. The van der Waals surface area contributed by atoms with Crippen LogP contribution in [-0.2, 0) is 4.74 Å². The van der Waals surface area contributed by atoms with Crippen LogP contribution in [0.1, 0.15) is 0 Å². The lowest BCUT2D eigenvalue weighted by Gasteiger charge is -1.92. The number of hydrogen-bond acceptors (Lipinski definition) is 3. The minimum absolute atomic E-state index is 0.688. The Labute approximate surface area is 57.2 Å². The van der Waals surface area contributed by atoms with E-state index in [0.717, 1.165) is 0 Å². The standard InChI is InChI=1S/C6H4N2O2/c7-5-10-6(9)8-3-1-2-4-8/h1-4H. The van der Waals surface area contributed by atoms with Gasteiger partial charge < -0.3 is 4.74 Å². The van der Waals surface area contributed by atoms with E-state index in [-0.39, 0.29) is 0 Å². The zero-order valence-corrected chi connectivity index (χ0v) is 5.02. The Bertz CT molecular complexity index is 258. The number of ether oxygens (including phenoxy) is 1. The molecule has 0 N–H and O–H groups in total. The summed E-state index contributed by atoms with van der Waals surface area (Å²) < 4.78 is 5.19. The van der Waals surface area contributed by atoms with Crippen molar-refractivity contribution in [1.82, 2.24) is 4.57 Å². The van der Waals surface area contributed by atoms with Crippen LogP contribution in [-0.4, -0.2) is 10.7 Å². The molecule has 0 amide bonds. The lowest BCUT2D eigenvalue weighted by molar-refractivity contribution is 0.192. The van der Waals surface area contributed by atoms with E-state index in [1.807, 2.05) is 0 Å². The van der Waals surface area contributed by atoms with Crippen LogP contribution in [0.5, 0.6) is 0 Å². The van der Waals surface area contributed by atoms with E-state index in [1.54, 1.807) is 12.1 Å². The van der Waals surface area contributed by atoms with Crippen LogP contribution in [0.25, 0.3) is 0 Å². The molecule has 0 aliphatic heterocycles. The first-order valence-corrected chi connectivity index (χ1v) is 2.58. The highest BCUT2D eigenvalue weighted by atomic mass is 16.5. The van der Waals surface area contributed by atoms with Crippen LogP contribution in [0.2, 0.25) is 0 Å². The molecule has 0 aromatic carbocycles. The summed E-state index contributed by atoms with van der Waals surface area (Å²) in [6.07, 6.45) is 3.60. The third-order valence-electron chi connectivity index (χ3n) is 0.948. The second kappa shape index (κ2) is 2.69. The predicted molar refractivity (Wildman–Crippen MR) is 31.9 cm³/mol. The van der Waals surface area contributed by atoms with Crippen molar-refractivity contribution in [2.75, 3.05) is 0 Å². The summed E-state index contributed by atoms with van der Waals surface area (Å²) in [6.45, 7) is 0. The molecule has 1 heterocycles. The first-order chi connectivity index (χ1) is 4.84. The number of nitriles is 1. The molecule has 4 nitrogen and oxygen atoms in total. The van der Waals surface area contributed by atoms with Crippen LogP contribution in [0.3, 0.4) is 0 Å². The Morgan fingerprint density at radius 1 is 1.50 bits per heavy atom. The highest BCUT2D eigenvalue weighted by molar-refractivity contribution is 5.71. The molecule has 1 aromatic rings. The monoisotopic (exact) mass is 136 g/mol. The fourth-order valence-corrected chi connectivity index (χ4v) is 0.548. The molecule has 4 heteroatoms. The van der Waals surface area contributed by atoms with Crippen LogP contribution in [0.15, 0.2) is 24.5 Å². The smallest absolute Gasteiger partial charge is 0.333 e. The maximum atomic E-state index is 10.6. The third kappa shape index (κ3) is 1.14. The summed E-state index contributed by atoms with van der Waals surface area (Å²) in [7, 11) is 0. The maximum absolute atomic E-state index is 10.6. The molecule has 10 heavy (non-hydrogen) atoms. The molecule has 0 fully saturated rings. The van der Waals surface area contributed by atoms with Gasteiger partial charge in [-0.25, -0.2) is 4.79 Å². The molecular formula is C6H4N2O2. The summed E-state index contributed by atoms with van der Waals surface area (Å²) in [5, 5.41) is 7.93. The van der Waals surface area contributed by atoms with Crippen molar-refractivity contribution in [3.05, 3.63) is 24.5 Å². The SMILES string of the molecule is N#COC(=O)n1cccc1. The van der Waals surface area contributed by atoms with Gasteiger partial charge in [0.1, 0.15) is 0 Å². The largest absolute Gasteiger partial charge is 0.433 e. The van der Waals surface area contributed by atoms with Crippen molar-refractivity contribution in [1.29, 1.82) is 5.26 Å². The van der Waals surface area contributed by atoms with Gasteiger partial charge in [0.05, 0.1) is 0 Å². The Hall–Kier alpha value is -1.76. The van der Waals surface area contributed by atoms with E-state index >= 15 is 0 Å². The lowest BCUT2D eigenvalue weighted by atomic mass is 10.7. The van der Waals surface area contributed by atoms with Crippen molar-refractivity contribution in [2.24, 2.45) is 0 Å². The minimum atomic E-state index is -0.688. The van der Waals surface area contributed by atoms with E-state index in [1.165, 1.54) is 23.2 Å². The molecule has 0 unspecified atom stereocenters. The van der Waals surface area contributed by atoms with Crippen molar-refractivity contribution >= 4 is 6.09 Å². The van der Waals surface area contributed by atoms with Gasteiger partial charge in [-0.3, -0.25) is 4.57 Å². The second-order valence-electron chi connectivity index (χ2n) is 1.55. The molecule has 0 saturated heterocycles. The lowest BCUT2D eigenvalue weighted by Crippen LogP contribution is -2.07. The number of carbonyl (C=O) groups is 1. The van der Waals surface area contributed by atoms with Gasteiger partial charge in [0.25, 0.3) is 6.26 Å².